The van der Waals surface area contributed by atoms with Crippen molar-refractivity contribution in [2.75, 3.05) is 7.11 Å². The molecule has 0 heterocycles. The van der Waals surface area contributed by atoms with Crippen LogP contribution < -0.4 is 23.6 Å². The van der Waals surface area contributed by atoms with E-state index in [0.717, 1.165) is 11.3 Å². The average molecular weight is 138 g/mol. The molecular formula is C9H7LiO. The minimum atomic E-state index is 0. The summed E-state index contributed by atoms with van der Waals surface area (Å²) in [6, 6.07) is 7.22. The van der Waals surface area contributed by atoms with Gasteiger partial charge in [0, 0.05) is 0 Å². The molecule has 0 aliphatic carbocycles. The molecule has 0 aromatic heterocycles. The Morgan fingerprint density at radius 2 is 2.18 bits per heavy atom. The summed E-state index contributed by atoms with van der Waals surface area (Å²) in [5, 5.41) is 0. The van der Waals surface area contributed by atoms with Crippen LogP contribution in [0.25, 0.3) is 0 Å². The van der Waals surface area contributed by atoms with E-state index in [1.54, 1.807) is 19.2 Å². The van der Waals surface area contributed by atoms with E-state index in [9.17, 15) is 0 Å². The van der Waals surface area contributed by atoms with Gasteiger partial charge >= 0.3 is 18.9 Å². The summed E-state index contributed by atoms with van der Waals surface area (Å²) in [6.07, 6.45) is 6.81. The van der Waals surface area contributed by atoms with Gasteiger partial charge in [0.2, 0.25) is 0 Å². The first kappa shape index (κ1) is 10.2. The van der Waals surface area contributed by atoms with E-state index in [2.05, 4.69) is 5.92 Å². The van der Waals surface area contributed by atoms with Gasteiger partial charge in [-0.05, 0) is 6.07 Å². The van der Waals surface area contributed by atoms with Crippen molar-refractivity contribution in [3.05, 3.63) is 36.3 Å². The molecule has 0 aliphatic rings. The standard InChI is InChI=1S/C9H7O.Li/c1-3-8-5-4-6-9(7-8)10-2;/h4-7H,2H3;/q-1;+1. The van der Waals surface area contributed by atoms with Gasteiger partial charge in [0.15, 0.2) is 0 Å². The van der Waals surface area contributed by atoms with Gasteiger partial charge in [0.1, 0.15) is 5.75 Å². The Morgan fingerprint density at radius 3 is 2.73 bits per heavy atom. The monoisotopic (exact) mass is 138 g/mol. The van der Waals surface area contributed by atoms with Crippen LogP contribution in [-0.4, -0.2) is 7.11 Å². The Kier molecular flexibility index (Phi) is 4.54. The molecule has 0 N–H and O–H groups in total. The summed E-state index contributed by atoms with van der Waals surface area (Å²) in [6.45, 7) is 0. The molecule has 1 rings (SSSR count). The maximum atomic E-state index is 6.81. The van der Waals surface area contributed by atoms with Crippen LogP contribution in [0.15, 0.2) is 24.3 Å². The van der Waals surface area contributed by atoms with Crippen LogP contribution in [-0.2, 0) is 0 Å². The van der Waals surface area contributed by atoms with Crippen LogP contribution in [0, 0.1) is 12.3 Å². The third kappa shape index (κ3) is 2.72. The van der Waals surface area contributed by atoms with Crippen molar-refractivity contribution < 1.29 is 23.6 Å². The second-order valence-corrected chi connectivity index (χ2v) is 1.86. The molecule has 50 valence electrons. The molecule has 0 bridgehead atoms. The molecule has 1 nitrogen and oxygen atoms in total. The van der Waals surface area contributed by atoms with E-state index >= 15 is 0 Å². The Bertz CT molecular complexity index is 263. The van der Waals surface area contributed by atoms with Crippen LogP contribution in [0.3, 0.4) is 0 Å². The van der Waals surface area contributed by atoms with Crippen molar-refractivity contribution in [3.8, 4) is 11.7 Å². The largest absolute Gasteiger partial charge is 1.00 e. The maximum absolute atomic E-state index is 6.81. The van der Waals surface area contributed by atoms with Crippen molar-refractivity contribution in [1.82, 2.24) is 0 Å². The zero-order valence-corrected chi connectivity index (χ0v) is 6.72. The number of hydrogen-bond acceptors (Lipinski definition) is 1. The number of benzene rings is 1. The van der Waals surface area contributed by atoms with E-state index in [-0.39, 0.29) is 18.9 Å². The van der Waals surface area contributed by atoms with Crippen LogP contribution in [0.1, 0.15) is 5.56 Å². The van der Waals surface area contributed by atoms with Crippen molar-refractivity contribution in [2.24, 2.45) is 0 Å². The molecule has 0 aliphatic heterocycles. The molecule has 0 unspecified atom stereocenters. The molecule has 0 fully saturated rings. The normalized spacial score (nSPS) is 7.64. The molecule has 0 spiro atoms. The fraction of sp³-hybridized carbons (Fsp3) is 0.111. The molecule has 0 amide bonds. The summed E-state index contributed by atoms with van der Waals surface area (Å²) in [4.78, 5) is 0. The van der Waals surface area contributed by atoms with Gasteiger partial charge in [0.25, 0.3) is 0 Å². The first-order valence-corrected chi connectivity index (χ1v) is 2.93. The third-order valence-electron chi connectivity index (χ3n) is 1.21. The SMILES string of the molecule is [C-]#Cc1cccc(OC)c1.[Li+]. The second-order valence-electron chi connectivity index (χ2n) is 1.86. The summed E-state index contributed by atoms with van der Waals surface area (Å²) in [5.74, 6) is 3.03. The Morgan fingerprint density at radius 1 is 1.45 bits per heavy atom. The fourth-order valence-electron chi connectivity index (χ4n) is 0.701. The fourth-order valence-corrected chi connectivity index (χ4v) is 0.701. The van der Waals surface area contributed by atoms with Crippen LogP contribution in [0.4, 0.5) is 0 Å². The van der Waals surface area contributed by atoms with Gasteiger partial charge in [-0.1, -0.05) is 12.1 Å². The Labute approximate surface area is 78.9 Å². The molecule has 0 saturated carbocycles. The minimum Gasteiger partial charge on any atom is -0.498 e. The van der Waals surface area contributed by atoms with E-state index in [1.807, 2.05) is 12.1 Å². The summed E-state index contributed by atoms with van der Waals surface area (Å²) in [5.41, 5.74) is 0.736. The summed E-state index contributed by atoms with van der Waals surface area (Å²) < 4.78 is 4.93. The predicted molar refractivity (Wildman–Crippen MR) is 39.2 cm³/mol. The Hall–Kier alpha value is -0.823. The number of ether oxygens (including phenoxy) is 1. The van der Waals surface area contributed by atoms with Gasteiger partial charge in [-0.3, -0.25) is 5.92 Å². The quantitative estimate of drug-likeness (QED) is 0.264. The number of rotatable bonds is 1. The van der Waals surface area contributed by atoms with Crippen molar-refractivity contribution in [3.63, 3.8) is 0 Å². The van der Waals surface area contributed by atoms with Gasteiger partial charge in [0.05, 0.1) is 7.11 Å². The van der Waals surface area contributed by atoms with Crippen molar-refractivity contribution >= 4 is 0 Å². The minimum absolute atomic E-state index is 0. The summed E-state index contributed by atoms with van der Waals surface area (Å²) >= 11 is 0. The molecule has 0 atom stereocenters. The third-order valence-corrected chi connectivity index (χ3v) is 1.21. The molecule has 1 aromatic carbocycles. The summed E-state index contributed by atoms with van der Waals surface area (Å²) in [7, 11) is 1.60. The van der Waals surface area contributed by atoms with E-state index in [4.69, 9.17) is 11.2 Å². The molecular weight excluding hydrogens is 131 g/mol. The van der Waals surface area contributed by atoms with E-state index in [0.29, 0.717) is 0 Å². The predicted octanol–water partition coefficient (Wildman–Crippen LogP) is -1.36. The van der Waals surface area contributed by atoms with Gasteiger partial charge in [-0.15, -0.1) is 11.6 Å². The Balaban J connectivity index is 0.000001000. The van der Waals surface area contributed by atoms with Gasteiger partial charge in [-0.2, -0.15) is 0 Å². The molecule has 0 saturated heterocycles. The first-order valence-electron chi connectivity index (χ1n) is 2.93. The van der Waals surface area contributed by atoms with Crippen molar-refractivity contribution in [1.29, 1.82) is 0 Å². The van der Waals surface area contributed by atoms with Crippen LogP contribution in [0.2, 0.25) is 0 Å². The van der Waals surface area contributed by atoms with E-state index < -0.39 is 0 Å². The average Bonchev–Trinajstić information content (AvgIpc) is 2.05. The van der Waals surface area contributed by atoms with Crippen molar-refractivity contribution in [2.45, 2.75) is 0 Å². The molecule has 11 heavy (non-hydrogen) atoms. The zero-order chi connectivity index (χ0) is 7.40. The van der Waals surface area contributed by atoms with E-state index in [1.165, 1.54) is 0 Å². The van der Waals surface area contributed by atoms with Gasteiger partial charge < -0.3 is 11.2 Å². The zero-order valence-electron chi connectivity index (χ0n) is 6.72. The smallest absolute Gasteiger partial charge is 0.498 e. The number of hydrogen-bond donors (Lipinski definition) is 0. The van der Waals surface area contributed by atoms with Crippen LogP contribution in [0.5, 0.6) is 5.75 Å². The van der Waals surface area contributed by atoms with Crippen LogP contribution >= 0.6 is 0 Å². The number of methoxy groups -OCH3 is 1. The second kappa shape index (κ2) is 4.91. The first-order chi connectivity index (χ1) is 4.86. The molecule has 2 heteroatoms. The van der Waals surface area contributed by atoms with Gasteiger partial charge in [-0.25, -0.2) is 0 Å². The molecule has 0 radical (unpaired) electrons. The molecule has 1 aromatic rings. The maximum Gasteiger partial charge on any atom is 1.00 e. The topological polar surface area (TPSA) is 9.23 Å².